The topological polar surface area (TPSA) is 57.5 Å². The van der Waals surface area contributed by atoms with Crippen molar-refractivity contribution in [3.63, 3.8) is 0 Å². The number of aliphatic carboxylic acids is 1. The normalized spacial score (nSPS) is 12.6. The van der Waals surface area contributed by atoms with E-state index in [1.54, 1.807) is 0 Å². The Balaban J connectivity index is 3.26. The predicted octanol–water partition coefficient (Wildman–Crippen LogP) is 2.25. The van der Waals surface area contributed by atoms with Gasteiger partial charge >= 0.3 is 5.97 Å². The second-order valence-electron chi connectivity index (χ2n) is 2.53. The van der Waals surface area contributed by atoms with Crippen molar-refractivity contribution in [1.82, 2.24) is 0 Å². The Hall–Kier alpha value is -0.840. The van der Waals surface area contributed by atoms with E-state index in [2.05, 4.69) is 0 Å². The van der Waals surface area contributed by atoms with Crippen molar-refractivity contribution in [2.24, 2.45) is 0 Å². The standard InChI is InChI=1S/C8H5Cl2FO3/c9-3-1-4(7(12)8(13)14)6(11)5(10)2-3/h1-2,7,12H,(H,13,14). The Morgan fingerprint density at radius 3 is 2.50 bits per heavy atom. The molecule has 0 aromatic heterocycles. The molecule has 0 radical (unpaired) electrons. The van der Waals surface area contributed by atoms with Gasteiger partial charge in [0.1, 0.15) is 5.82 Å². The van der Waals surface area contributed by atoms with Crippen molar-refractivity contribution in [3.8, 4) is 0 Å². The summed E-state index contributed by atoms with van der Waals surface area (Å²) in [4.78, 5) is 10.4. The molecule has 0 spiro atoms. The van der Waals surface area contributed by atoms with Gasteiger partial charge in [-0.25, -0.2) is 9.18 Å². The second-order valence-corrected chi connectivity index (χ2v) is 3.38. The summed E-state index contributed by atoms with van der Waals surface area (Å²) >= 11 is 10.9. The summed E-state index contributed by atoms with van der Waals surface area (Å²) in [6.45, 7) is 0. The van der Waals surface area contributed by atoms with Gasteiger partial charge in [0.25, 0.3) is 0 Å². The molecule has 1 rings (SSSR count). The molecule has 1 aromatic rings. The van der Waals surface area contributed by atoms with Crippen LogP contribution in [0, 0.1) is 5.82 Å². The van der Waals surface area contributed by atoms with Crippen LogP contribution in [0.25, 0.3) is 0 Å². The minimum Gasteiger partial charge on any atom is -0.479 e. The largest absolute Gasteiger partial charge is 0.479 e. The molecule has 0 heterocycles. The maximum Gasteiger partial charge on any atom is 0.337 e. The molecule has 1 aromatic carbocycles. The van der Waals surface area contributed by atoms with E-state index < -0.39 is 23.5 Å². The molecule has 0 bridgehead atoms. The fraction of sp³-hybridized carbons (Fsp3) is 0.125. The number of carbonyl (C=O) groups is 1. The summed E-state index contributed by atoms with van der Waals surface area (Å²) in [6, 6.07) is 2.14. The quantitative estimate of drug-likeness (QED) is 0.778. The summed E-state index contributed by atoms with van der Waals surface area (Å²) in [5.41, 5.74) is -0.449. The molecular weight excluding hydrogens is 234 g/mol. The Bertz CT molecular complexity index is 381. The third-order valence-electron chi connectivity index (χ3n) is 1.55. The number of benzene rings is 1. The molecule has 3 nitrogen and oxygen atoms in total. The van der Waals surface area contributed by atoms with Gasteiger partial charge in [0, 0.05) is 10.6 Å². The fourth-order valence-corrected chi connectivity index (χ4v) is 1.42. The van der Waals surface area contributed by atoms with E-state index in [9.17, 15) is 9.18 Å². The van der Waals surface area contributed by atoms with Crippen molar-refractivity contribution >= 4 is 29.2 Å². The van der Waals surface area contributed by atoms with Crippen LogP contribution in [-0.2, 0) is 4.79 Å². The van der Waals surface area contributed by atoms with Gasteiger partial charge in [0.05, 0.1) is 5.02 Å². The zero-order valence-electron chi connectivity index (χ0n) is 6.67. The lowest BCUT2D eigenvalue weighted by Gasteiger charge is -2.08. The summed E-state index contributed by atoms with van der Waals surface area (Å²) in [7, 11) is 0. The minimum absolute atomic E-state index is 0.0618. The van der Waals surface area contributed by atoms with Crippen LogP contribution in [0.2, 0.25) is 10.0 Å². The molecule has 0 aliphatic carbocycles. The van der Waals surface area contributed by atoms with Gasteiger partial charge in [0.2, 0.25) is 0 Å². The summed E-state index contributed by atoms with van der Waals surface area (Å²) in [5.74, 6) is -2.55. The van der Waals surface area contributed by atoms with E-state index in [1.165, 1.54) is 0 Å². The maximum absolute atomic E-state index is 13.2. The fourth-order valence-electron chi connectivity index (χ4n) is 0.908. The number of carboxylic acids is 1. The molecule has 6 heteroatoms. The van der Waals surface area contributed by atoms with E-state index >= 15 is 0 Å². The highest BCUT2D eigenvalue weighted by Crippen LogP contribution is 2.27. The number of hydrogen-bond donors (Lipinski definition) is 2. The van der Waals surface area contributed by atoms with Gasteiger partial charge in [-0.2, -0.15) is 0 Å². The van der Waals surface area contributed by atoms with Crippen molar-refractivity contribution in [2.75, 3.05) is 0 Å². The first-order chi connectivity index (χ1) is 6.43. The predicted molar refractivity (Wildman–Crippen MR) is 49.0 cm³/mol. The van der Waals surface area contributed by atoms with Crippen LogP contribution in [0.3, 0.4) is 0 Å². The summed E-state index contributed by atoms with van der Waals surface area (Å²) in [5, 5.41) is 17.2. The van der Waals surface area contributed by atoms with Crippen LogP contribution < -0.4 is 0 Å². The van der Waals surface area contributed by atoms with E-state index in [1.807, 2.05) is 0 Å². The van der Waals surface area contributed by atoms with Crippen LogP contribution in [0.4, 0.5) is 4.39 Å². The number of aliphatic hydroxyl groups excluding tert-OH is 1. The SMILES string of the molecule is O=C(O)C(O)c1cc(Cl)cc(Cl)c1F. The van der Waals surface area contributed by atoms with E-state index in [4.69, 9.17) is 33.4 Å². The lowest BCUT2D eigenvalue weighted by molar-refractivity contribution is -0.147. The third-order valence-corrected chi connectivity index (χ3v) is 2.04. The zero-order chi connectivity index (χ0) is 10.9. The zero-order valence-corrected chi connectivity index (χ0v) is 8.18. The minimum atomic E-state index is -1.97. The molecule has 0 aliphatic rings. The van der Waals surface area contributed by atoms with Crippen molar-refractivity contribution in [2.45, 2.75) is 6.10 Å². The van der Waals surface area contributed by atoms with Crippen LogP contribution in [0.1, 0.15) is 11.7 Å². The van der Waals surface area contributed by atoms with Gasteiger partial charge < -0.3 is 10.2 Å². The van der Waals surface area contributed by atoms with Gasteiger partial charge in [-0.05, 0) is 12.1 Å². The first-order valence-electron chi connectivity index (χ1n) is 3.48. The van der Waals surface area contributed by atoms with Crippen LogP contribution in [0.5, 0.6) is 0 Å². The Morgan fingerprint density at radius 1 is 1.43 bits per heavy atom. The number of rotatable bonds is 2. The molecule has 0 aliphatic heterocycles. The smallest absolute Gasteiger partial charge is 0.337 e. The molecule has 2 N–H and O–H groups in total. The lowest BCUT2D eigenvalue weighted by Crippen LogP contribution is -2.12. The third kappa shape index (κ3) is 2.15. The van der Waals surface area contributed by atoms with Crippen molar-refractivity contribution in [1.29, 1.82) is 0 Å². The van der Waals surface area contributed by atoms with Gasteiger partial charge in [-0.1, -0.05) is 23.2 Å². The molecule has 0 saturated heterocycles. The number of halogens is 3. The molecule has 1 unspecified atom stereocenters. The van der Waals surface area contributed by atoms with Gasteiger partial charge in [-0.3, -0.25) is 0 Å². The highest BCUT2D eigenvalue weighted by atomic mass is 35.5. The van der Waals surface area contributed by atoms with Crippen molar-refractivity contribution in [3.05, 3.63) is 33.6 Å². The molecule has 0 saturated carbocycles. The Morgan fingerprint density at radius 2 is 2.00 bits per heavy atom. The lowest BCUT2D eigenvalue weighted by atomic mass is 10.1. The van der Waals surface area contributed by atoms with Crippen LogP contribution in [0.15, 0.2) is 12.1 Å². The summed E-state index contributed by atoms with van der Waals surface area (Å²) in [6.07, 6.45) is -1.97. The average Bonchev–Trinajstić information content (AvgIpc) is 2.09. The Labute approximate surface area is 88.7 Å². The number of hydrogen-bond acceptors (Lipinski definition) is 2. The second kappa shape index (κ2) is 4.13. The molecule has 1 atom stereocenters. The molecule has 0 amide bonds. The highest BCUT2D eigenvalue weighted by molar-refractivity contribution is 6.34. The monoisotopic (exact) mass is 238 g/mol. The van der Waals surface area contributed by atoms with Crippen molar-refractivity contribution < 1.29 is 19.4 Å². The van der Waals surface area contributed by atoms with Crippen LogP contribution in [-0.4, -0.2) is 16.2 Å². The van der Waals surface area contributed by atoms with E-state index in [0.717, 1.165) is 12.1 Å². The van der Waals surface area contributed by atoms with Crippen LogP contribution >= 0.6 is 23.2 Å². The molecule has 0 fully saturated rings. The first-order valence-corrected chi connectivity index (χ1v) is 4.24. The van der Waals surface area contributed by atoms with Gasteiger partial charge in [0.15, 0.2) is 6.10 Å². The highest BCUT2D eigenvalue weighted by Gasteiger charge is 2.22. The molecule has 14 heavy (non-hydrogen) atoms. The van der Waals surface area contributed by atoms with Gasteiger partial charge in [-0.15, -0.1) is 0 Å². The van der Waals surface area contributed by atoms with E-state index in [0.29, 0.717) is 0 Å². The number of aliphatic hydroxyl groups is 1. The molecule has 76 valence electrons. The van der Waals surface area contributed by atoms with E-state index in [-0.39, 0.29) is 10.0 Å². The Kier molecular flexibility index (Phi) is 3.31. The number of carboxylic acid groups (broad SMARTS) is 1. The maximum atomic E-state index is 13.2. The average molecular weight is 239 g/mol. The summed E-state index contributed by atoms with van der Waals surface area (Å²) < 4.78 is 13.2. The molecular formula is C8H5Cl2FO3. The first kappa shape index (κ1) is 11.2.